The molecule has 118 valence electrons. The van der Waals surface area contributed by atoms with E-state index in [2.05, 4.69) is 5.32 Å². The van der Waals surface area contributed by atoms with Gasteiger partial charge < -0.3 is 4.74 Å². The van der Waals surface area contributed by atoms with Gasteiger partial charge in [0, 0.05) is 5.69 Å². The molecule has 7 heteroatoms. The molecule has 22 heavy (non-hydrogen) atoms. The zero-order valence-electron chi connectivity index (χ0n) is 12.5. The van der Waals surface area contributed by atoms with Gasteiger partial charge in [0.05, 0.1) is 4.90 Å². The van der Waals surface area contributed by atoms with Gasteiger partial charge in [-0.15, -0.1) is 0 Å². The number of anilines is 1. The molecule has 0 atom stereocenters. The van der Waals surface area contributed by atoms with Crippen LogP contribution in [0.15, 0.2) is 41.3 Å². The molecule has 0 unspecified atom stereocenters. The van der Waals surface area contributed by atoms with E-state index in [4.69, 9.17) is 9.29 Å². The maximum absolute atomic E-state index is 11.7. The molecule has 0 saturated carbocycles. The number of benzene rings is 2. The van der Waals surface area contributed by atoms with Crippen LogP contribution in [0.5, 0.6) is 0 Å². The van der Waals surface area contributed by atoms with Crippen LogP contribution in [0, 0.1) is 0 Å². The minimum absolute atomic E-state index is 0.173. The van der Waals surface area contributed by atoms with E-state index in [1.54, 1.807) is 45.0 Å². The third-order valence-electron chi connectivity index (χ3n) is 2.75. The van der Waals surface area contributed by atoms with Crippen molar-refractivity contribution in [3.63, 3.8) is 0 Å². The first-order valence-corrected chi connectivity index (χ1v) is 8.00. The second-order valence-corrected chi connectivity index (χ2v) is 7.25. The minimum atomic E-state index is -4.23. The van der Waals surface area contributed by atoms with Crippen molar-refractivity contribution in [3.05, 3.63) is 36.4 Å². The lowest BCUT2D eigenvalue weighted by Gasteiger charge is -2.19. The van der Waals surface area contributed by atoms with Crippen LogP contribution < -0.4 is 5.32 Å². The number of carbonyl (C=O) groups is 1. The molecule has 0 aromatic heterocycles. The first-order chi connectivity index (χ1) is 10.0. The zero-order valence-corrected chi connectivity index (χ0v) is 13.3. The molecule has 0 heterocycles. The fourth-order valence-corrected chi connectivity index (χ4v) is 2.40. The molecule has 2 N–H and O–H groups in total. The van der Waals surface area contributed by atoms with Crippen LogP contribution in [0.2, 0.25) is 0 Å². The molecule has 0 radical (unpaired) electrons. The summed E-state index contributed by atoms with van der Waals surface area (Å²) in [5, 5.41) is 3.96. The predicted molar refractivity (Wildman–Crippen MR) is 83.6 cm³/mol. The second kappa shape index (κ2) is 5.58. The topological polar surface area (TPSA) is 92.7 Å². The van der Waals surface area contributed by atoms with Gasteiger partial charge in [0.15, 0.2) is 0 Å². The van der Waals surface area contributed by atoms with Crippen LogP contribution in [-0.2, 0) is 14.9 Å². The predicted octanol–water partition coefficient (Wildman–Crippen LogP) is 3.43. The fourth-order valence-electron chi connectivity index (χ4n) is 1.88. The summed E-state index contributed by atoms with van der Waals surface area (Å²) >= 11 is 0. The quantitative estimate of drug-likeness (QED) is 0.826. The van der Waals surface area contributed by atoms with Crippen molar-refractivity contribution in [2.45, 2.75) is 31.3 Å². The molecule has 0 aliphatic heterocycles. The smallest absolute Gasteiger partial charge is 0.412 e. The highest BCUT2D eigenvalue weighted by Gasteiger charge is 2.16. The van der Waals surface area contributed by atoms with Gasteiger partial charge >= 0.3 is 6.09 Å². The maximum Gasteiger partial charge on any atom is 0.412 e. The molecule has 2 aromatic rings. The molecule has 1 amide bonds. The van der Waals surface area contributed by atoms with Crippen molar-refractivity contribution < 1.29 is 22.5 Å². The summed E-state index contributed by atoms with van der Waals surface area (Å²) < 4.78 is 36.4. The lowest BCUT2D eigenvalue weighted by atomic mass is 10.1. The van der Waals surface area contributed by atoms with Crippen molar-refractivity contribution in [1.29, 1.82) is 0 Å². The van der Waals surface area contributed by atoms with Gasteiger partial charge in [-0.2, -0.15) is 8.42 Å². The van der Waals surface area contributed by atoms with E-state index in [-0.39, 0.29) is 4.90 Å². The van der Waals surface area contributed by atoms with E-state index >= 15 is 0 Å². The average Bonchev–Trinajstić information content (AvgIpc) is 2.34. The van der Waals surface area contributed by atoms with E-state index in [9.17, 15) is 13.2 Å². The molecule has 2 rings (SSSR count). The summed E-state index contributed by atoms with van der Waals surface area (Å²) in [5.74, 6) is 0. The third-order valence-corrected chi connectivity index (χ3v) is 3.60. The van der Waals surface area contributed by atoms with E-state index in [1.807, 2.05) is 0 Å². The summed E-state index contributed by atoms with van der Waals surface area (Å²) in [4.78, 5) is 11.5. The number of rotatable bonds is 2. The van der Waals surface area contributed by atoms with Gasteiger partial charge in [-0.3, -0.25) is 9.87 Å². The Kier molecular flexibility index (Phi) is 4.12. The maximum atomic E-state index is 11.7. The Balaban J connectivity index is 2.27. The SMILES string of the molecule is CC(C)(C)OC(=O)Nc1ccc2cc(S(=O)(=O)O)ccc2c1. The van der Waals surface area contributed by atoms with Gasteiger partial charge in [-0.25, -0.2) is 4.79 Å². The average molecular weight is 323 g/mol. The Labute approximate surface area is 128 Å². The number of carbonyl (C=O) groups excluding carboxylic acids is 1. The van der Waals surface area contributed by atoms with Crippen molar-refractivity contribution in [2.24, 2.45) is 0 Å². The minimum Gasteiger partial charge on any atom is -0.444 e. The Morgan fingerprint density at radius 2 is 1.68 bits per heavy atom. The Bertz CT molecular complexity index is 821. The number of fused-ring (bicyclic) bond motifs is 1. The molecule has 0 saturated heterocycles. The molecule has 2 aromatic carbocycles. The number of amides is 1. The van der Waals surface area contributed by atoms with Crippen LogP contribution in [0.1, 0.15) is 20.8 Å². The Morgan fingerprint density at radius 3 is 2.27 bits per heavy atom. The van der Waals surface area contributed by atoms with Gasteiger partial charge in [0.2, 0.25) is 0 Å². The number of hydrogen-bond acceptors (Lipinski definition) is 4. The standard InChI is InChI=1S/C15H17NO5S/c1-15(2,3)21-14(17)16-12-6-4-11-9-13(22(18,19)20)7-5-10(11)8-12/h4-9H,1-3H3,(H,16,17)(H,18,19,20). The van der Waals surface area contributed by atoms with Gasteiger partial charge in [-0.1, -0.05) is 12.1 Å². The molecule has 6 nitrogen and oxygen atoms in total. The highest BCUT2D eigenvalue weighted by molar-refractivity contribution is 7.85. The molecular formula is C15H17NO5S. The summed E-state index contributed by atoms with van der Waals surface area (Å²) in [6.07, 6.45) is -0.568. The first kappa shape index (κ1) is 16.3. The molecule has 0 bridgehead atoms. The summed E-state index contributed by atoms with van der Waals surface area (Å²) in [6, 6.07) is 9.18. The monoisotopic (exact) mass is 323 g/mol. The number of ether oxygens (including phenoxy) is 1. The van der Waals surface area contributed by atoms with E-state index < -0.39 is 21.8 Å². The second-order valence-electron chi connectivity index (χ2n) is 5.83. The normalized spacial score (nSPS) is 12.2. The number of nitrogens with one attached hydrogen (secondary N) is 1. The molecular weight excluding hydrogens is 306 g/mol. The zero-order chi connectivity index (χ0) is 16.5. The van der Waals surface area contributed by atoms with Crippen molar-refractivity contribution in [2.75, 3.05) is 5.32 Å². The van der Waals surface area contributed by atoms with E-state index in [0.29, 0.717) is 11.1 Å². The van der Waals surface area contributed by atoms with Crippen molar-refractivity contribution in [3.8, 4) is 0 Å². The lowest BCUT2D eigenvalue weighted by Crippen LogP contribution is -2.27. The Hall–Kier alpha value is -2.12. The van der Waals surface area contributed by atoms with E-state index in [0.717, 1.165) is 5.39 Å². The van der Waals surface area contributed by atoms with Crippen LogP contribution >= 0.6 is 0 Å². The molecule has 0 spiro atoms. The van der Waals surface area contributed by atoms with Crippen LogP contribution in [0.3, 0.4) is 0 Å². The highest BCUT2D eigenvalue weighted by atomic mass is 32.2. The Morgan fingerprint density at radius 1 is 1.09 bits per heavy atom. The van der Waals surface area contributed by atoms with E-state index in [1.165, 1.54) is 12.1 Å². The fraction of sp³-hybridized carbons (Fsp3) is 0.267. The van der Waals surface area contributed by atoms with Gasteiger partial charge in [0.1, 0.15) is 5.60 Å². The summed E-state index contributed by atoms with van der Waals surface area (Å²) in [6.45, 7) is 5.30. The van der Waals surface area contributed by atoms with Crippen molar-refractivity contribution >= 4 is 32.7 Å². The number of hydrogen-bond donors (Lipinski definition) is 2. The third kappa shape index (κ3) is 4.19. The van der Waals surface area contributed by atoms with Gasteiger partial charge in [-0.05, 0) is 55.8 Å². The van der Waals surface area contributed by atoms with Crippen LogP contribution in [0.4, 0.5) is 10.5 Å². The molecule has 0 fully saturated rings. The first-order valence-electron chi connectivity index (χ1n) is 6.56. The van der Waals surface area contributed by atoms with Crippen molar-refractivity contribution in [1.82, 2.24) is 0 Å². The van der Waals surface area contributed by atoms with Gasteiger partial charge in [0.25, 0.3) is 10.1 Å². The summed E-state index contributed by atoms with van der Waals surface area (Å²) in [5.41, 5.74) is -0.0629. The van der Waals surface area contributed by atoms with Crippen LogP contribution in [0.25, 0.3) is 10.8 Å². The van der Waals surface area contributed by atoms with Crippen LogP contribution in [-0.4, -0.2) is 24.7 Å². The lowest BCUT2D eigenvalue weighted by molar-refractivity contribution is 0.0636. The summed E-state index contributed by atoms with van der Waals surface area (Å²) in [7, 11) is -4.23. The highest BCUT2D eigenvalue weighted by Crippen LogP contribution is 2.23. The molecule has 0 aliphatic carbocycles. The largest absolute Gasteiger partial charge is 0.444 e. The molecule has 0 aliphatic rings.